The first-order valence-corrected chi connectivity index (χ1v) is 8.90. The maximum Gasteiger partial charge on any atom is 0.123 e. The Balaban J connectivity index is 1.34. The number of benzene rings is 1. The molecular formula is C19H24FNO. The summed E-state index contributed by atoms with van der Waals surface area (Å²) in [5.41, 5.74) is 1.20. The van der Waals surface area contributed by atoms with Crippen molar-refractivity contribution in [1.29, 1.82) is 0 Å². The second-order valence-electron chi connectivity index (χ2n) is 7.99. The van der Waals surface area contributed by atoms with Crippen LogP contribution in [0.1, 0.15) is 44.1 Å². The second kappa shape index (κ2) is 4.70. The number of piperidine rings is 1. The van der Waals surface area contributed by atoms with Gasteiger partial charge in [-0.25, -0.2) is 4.39 Å². The molecule has 2 heterocycles. The van der Waals surface area contributed by atoms with Gasteiger partial charge in [0.15, 0.2) is 0 Å². The Hall–Kier alpha value is -1.09. The van der Waals surface area contributed by atoms with E-state index in [1.54, 1.807) is 6.07 Å². The normalized spacial score (nSPS) is 35.8. The predicted octanol–water partition coefficient (Wildman–Crippen LogP) is 3.74. The van der Waals surface area contributed by atoms with Crippen molar-refractivity contribution < 1.29 is 9.13 Å². The summed E-state index contributed by atoms with van der Waals surface area (Å²) in [6.07, 6.45) is 8.07. The molecule has 118 valence electrons. The van der Waals surface area contributed by atoms with Crippen LogP contribution < -0.4 is 4.74 Å². The molecule has 2 nitrogen and oxygen atoms in total. The molecule has 2 aliphatic heterocycles. The highest BCUT2D eigenvalue weighted by molar-refractivity contribution is 5.44. The van der Waals surface area contributed by atoms with Gasteiger partial charge in [0.2, 0.25) is 0 Å². The topological polar surface area (TPSA) is 12.5 Å². The summed E-state index contributed by atoms with van der Waals surface area (Å²) in [4.78, 5) is 2.74. The van der Waals surface area contributed by atoms with Crippen molar-refractivity contribution in [3.05, 3.63) is 29.6 Å². The largest absolute Gasteiger partial charge is 0.492 e. The molecule has 22 heavy (non-hydrogen) atoms. The van der Waals surface area contributed by atoms with E-state index in [-0.39, 0.29) is 11.2 Å². The highest BCUT2D eigenvalue weighted by Crippen LogP contribution is 2.50. The van der Waals surface area contributed by atoms with Gasteiger partial charge in [-0.15, -0.1) is 0 Å². The molecule has 0 N–H and O–H groups in total. The number of rotatable bonds is 1. The van der Waals surface area contributed by atoms with Crippen molar-refractivity contribution in [2.45, 2.75) is 50.0 Å². The molecule has 0 unspecified atom stereocenters. The zero-order chi connectivity index (χ0) is 14.7. The minimum Gasteiger partial charge on any atom is -0.492 e. The Kier molecular flexibility index (Phi) is 2.86. The lowest BCUT2D eigenvalue weighted by Gasteiger charge is -2.43. The van der Waals surface area contributed by atoms with Gasteiger partial charge in [-0.05, 0) is 75.2 Å². The average molecular weight is 301 g/mol. The first kappa shape index (κ1) is 13.4. The van der Waals surface area contributed by atoms with Gasteiger partial charge in [-0.2, -0.15) is 0 Å². The third-order valence-electron chi connectivity index (χ3n) is 6.94. The Bertz CT molecular complexity index is 593. The zero-order valence-electron chi connectivity index (χ0n) is 13.1. The van der Waals surface area contributed by atoms with Gasteiger partial charge in [0.25, 0.3) is 0 Å². The van der Waals surface area contributed by atoms with Crippen LogP contribution in [0.15, 0.2) is 18.2 Å². The van der Waals surface area contributed by atoms with Gasteiger partial charge in [0.05, 0.1) is 6.61 Å². The molecule has 2 aliphatic carbocycles. The standard InChI is InChI=1S/C19H24FNO/c20-15-3-4-18-16(11-15)19(12-22-18)5-7-21(8-6-19)17-10-13-1-2-14(17)9-13/h3-4,11,13-14,17H,1-2,5-10,12H2/t13-,14+,17-/m1/s1. The third kappa shape index (κ3) is 1.87. The quantitative estimate of drug-likeness (QED) is 0.783. The van der Waals surface area contributed by atoms with E-state index in [0.717, 1.165) is 61.7 Å². The highest BCUT2D eigenvalue weighted by Gasteiger charge is 2.47. The second-order valence-corrected chi connectivity index (χ2v) is 7.99. The molecule has 3 fully saturated rings. The van der Waals surface area contributed by atoms with Crippen molar-refractivity contribution in [1.82, 2.24) is 4.90 Å². The van der Waals surface area contributed by atoms with Crippen LogP contribution in [0.5, 0.6) is 5.75 Å². The summed E-state index contributed by atoms with van der Waals surface area (Å²) in [6, 6.07) is 5.88. The number of nitrogens with zero attached hydrogens (tertiary/aromatic N) is 1. The van der Waals surface area contributed by atoms with E-state index in [0.29, 0.717) is 0 Å². The SMILES string of the molecule is Fc1ccc2c(c1)C1(CCN([C@@H]3C[C@@H]4CC[C@H]3C4)CC1)CO2. The molecule has 0 aromatic heterocycles. The molecule has 2 saturated carbocycles. The van der Waals surface area contributed by atoms with E-state index in [1.807, 2.05) is 6.07 Å². The lowest BCUT2D eigenvalue weighted by atomic mass is 9.74. The molecule has 1 saturated heterocycles. The number of halogens is 1. The van der Waals surface area contributed by atoms with E-state index < -0.39 is 0 Å². The molecule has 0 amide bonds. The average Bonchev–Trinajstić information content (AvgIpc) is 3.24. The molecule has 3 heteroatoms. The van der Waals surface area contributed by atoms with Gasteiger partial charge in [-0.1, -0.05) is 6.42 Å². The van der Waals surface area contributed by atoms with Gasteiger partial charge in [0, 0.05) is 17.0 Å². The Morgan fingerprint density at radius 1 is 1.14 bits per heavy atom. The van der Waals surface area contributed by atoms with E-state index >= 15 is 0 Å². The van der Waals surface area contributed by atoms with Crippen molar-refractivity contribution in [3.8, 4) is 5.75 Å². The summed E-state index contributed by atoms with van der Waals surface area (Å²) in [7, 11) is 0. The van der Waals surface area contributed by atoms with Gasteiger partial charge < -0.3 is 9.64 Å². The molecule has 5 rings (SSSR count). The summed E-state index contributed by atoms with van der Waals surface area (Å²) in [5.74, 6) is 2.76. The molecule has 2 bridgehead atoms. The summed E-state index contributed by atoms with van der Waals surface area (Å²) >= 11 is 0. The van der Waals surface area contributed by atoms with E-state index in [1.165, 1.54) is 31.7 Å². The Morgan fingerprint density at radius 2 is 2.00 bits per heavy atom. The van der Waals surface area contributed by atoms with Crippen LogP contribution >= 0.6 is 0 Å². The number of ether oxygens (including phenoxy) is 1. The summed E-state index contributed by atoms with van der Waals surface area (Å²) in [5, 5.41) is 0. The smallest absolute Gasteiger partial charge is 0.123 e. The predicted molar refractivity (Wildman–Crippen MR) is 83.6 cm³/mol. The lowest BCUT2D eigenvalue weighted by molar-refractivity contribution is 0.0746. The van der Waals surface area contributed by atoms with Crippen LogP contribution in [0.3, 0.4) is 0 Å². The number of hydrogen-bond acceptors (Lipinski definition) is 2. The van der Waals surface area contributed by atoms with Crippen molar-refractivity contribution in [2.24, 2.45) is 11.8 Å². The maximum atomic E-state index is 13.7. The molecule has 1 aromatic carbocycles. The minimum absolute atomic E-state index is 0.0750. The van der Waals surface area contributed by atoms with Crippen LogP contribution in [0.4, 0.5) is 4.39 Å². The van der Waals surface area contributed by atoms with E-state index in [4.69, 9.17) is 4.74 Å². The molecule has 1 aromatic rings. The van der Waals surface area contributed by atoms with Crippen molar-refractivity contribution in [3.63, 3.8) is 0 Å². The summed E-state index contributed by atoms with van der Waals surface area (Å²) < 4.78 is 19.5. The molecule has 4 aliphatic rings. The van der Waals surface area contributed by atoms with Crippen molar-refractivity contribution in [2.75, 3.05) is 19.7 Å². The van der Waals surface area contributed by atoms with Crippen LogP contribution in [0.2, 0.25) is 0 Å². The Morgan fingerprint density at radius 3 is 2.73 bits per heavy atom. The monoisotopic (exact) mass is 301 g/mol. The highest BCUT2D eigenvalue weighted by atomic mass is 19.1. The molecule has 3 atom stereocenters. The Labute approximate surface area is 131 Å². The first-order valence-electron chi connectivity index (χ1n) is 8.90. The van der Waals surface area contributed by atoms with Gasteiger partial charge in [-0.3, -0.25) is 0 Å². The first-order chi connectivity index (χ1) is 10.7. The van der Waals surface area contributed by atoms with Crippen LogP contribution in [-0.4, -0.2) is 30.6 Å². The van der Waals surface area contributed by atoms with Gasteiger partial charge >= 0.3 is 0 Å². The third-order valence-corrected chi connectivity index (χ3v) is 6.94. The van der Waals surface area contributed by atoms with Crippen molar-refractivity contribution >= 4 is 0 Å². The van der Waals surface area contributed by atoms with E-state index in [9.17, 15) is 4.39 Å². The van der Waals surface area contributed by atoms with Crippen LogP contribution in [-0.2, 0) is 5.41 Å². The fourth-order valence-electron chi connectivity index (χ4n) is 5.69. The number of hydrogen-bond donors (Lipinski definition) is 0. The van der Waals surface area contributed by atoms with Crippen LogP contribution in [0.25, 0.3) is 0 Å². The molecular weight excluding hydrogens is 277 g/mol. The fourth-order valence-corrected chi connectivity index (χ4v) is 5.69. The molecule has 0 radical (unpaired) electrons. The maximum absolute atomic E-state index is 13.7. The fraction of sp³-hybridized carbons (Fsp3) is 0.684. The van der Waals surface area contributed by atoms with E-state index in [2.05, 4.69) is 4.90 Å². The van der Waals surface area contributed by atoms with Crippen LogP contribution in [0, 0.1) is 17.7 Å². The zero-order valence-corrected chi connectivity index (χ0v) is 13.1. The molecule has 1 spiro atoms. The summed E-state index contributed by atoms with van der Waals surface area (Å²) in [6.45, 7) is 3.07. The number of fused-ring (bicyclic) bond motifs is 4. The minimum atomic E-state index is -0.126. The van der Waals surface area contributed by atoms with Gasteiger partial charge in [0.1, 0.15) is 11.6 Å². The number of likely N-dealkylation sites (tertiary alicyclic amines) is 1. The lowest BCUT2D eigenvalue weighted by Crippen LogP contribution is -2.49.